The summed E-state index contributed by atoms with van der Waals surface area (Å²) in [6, 6.07) is 20.2. The SMILES string of the molecule is CO[C@@H]1O[C@H]([C@@H](COCc2ccccc2)OCc2ccccc2)[C@H]2O[C@@H]12. The molecule has 5 atom stereocenters. The molecular weight excluding hydrogens is 332 g/mol. The lowest BCUT2D eigenvalue weighted by Gasteiger charge is -2.26. The van der Waals surface area contributed by atoms with Crippen molar-refractivity contribution < 1.29 is 23.7 Å². The molecule has 2 aliphatic heterocycles. The maximum absolute atomic E-state index is 6.15. The van der Waals surface area contributed by atoms with Crippen LogP contribution in [0.1, 0.15) is 11.1 Å². The van der Waals surface area contributed by atoms with Gasteiger partial charge in [0.25, 0.3) is 0 Å². The van der Waals surface area contributed by atoms with E-state index in [-0.39, 0.29) is 30.7 Å². The number of benzene rings is 2. The van der Waals surface area contributed by atoms with Crippen LogP contribution in [0.4, 0.5) is 0 Å². The first-order valence-corrected chi connectivity index (χ1v) is 8.96. The van der Waals surface area contributed by atoms with Gasteiger partial charge in [-0.3, -0.25) is 0 Å². The Morgan fingerprint density at radius 3 is 2.12 bits per heavy atom. The molecule has 0 N–H and O–H groups in total. The highest BCUT2D eigenvalue weighted by Gasteiger charge is 2.61. The molecule has 2 aromatic carbocycles. The molecule has 0 radical (unpaired) electrons. The fourth-order valence-corrected chi connectivity index (χ4v) is 3.30. The number of rotatable bonds is 9. The van der Waals surface area contributed by atoms with Crippen molar-refractivity contribution >= 4 is 0 Å². The second-order valence-electron chi connectivity index (χ2n) is 6.61. The van der Waals surface area contributed by atoms with E-state index in [9.17, 15) is 0 Å². The summed E-state index contributed by atoms with van der Waals surface area (Å²) in [5.41, 5.74) is 2.26. The number of hydrogen-bond donors (Lipinski definition) is 0. The lowest BCUT2D eigenvalue weighted by molar-refractivity contribution is -0.198. The molecule has 2 aromatic rings. The minimum atomic E-state index is -0.318. The molecule has 2 heterocycles. The van der Waals surface area contributed by atoms with Gasteiger partial charge in [-0.25, -0.2) is 0 Å². The zero-order valence-corrected chi connectivity index (χ0v) is 14.8. The Bertz CT molecular complexity index is 677. The van der Waals surface area contributed by atoms with E-state index < -0.39 is 0 Å². The van der Waals surface area contributed by atoms with Crippen LogP contribution in [0, 0.1) is 0 Å². The summed E-state index contributed by atoms with van der Waals surface area (Å²) in [6.07, 6.45) is -0.663. The smallest absolute Gasteiger partial charge is 0.186 e. The first-order chi connectivity index (χ1) is 12.8. The molecule has 4 rings (SSSR count). The molecule has 0 aromatic heterocycles. The van der Waals surface area contributed by atoms with E-state index in [0.717, 1.165) is 11.1 Å². The molecule has 5 nitrogen and oxygen atoms in total. The van der Waals surface area contributed by atoms with Gasteiger partial charge in [0.1, 0.15) is 24.4 Å². The lowest BCUT2D eigenvalue weighted by Crippen LogP contribution is -2.38. The standard InChI is InChI=1S/C21H24O5/c1-22-21-20-19(25-20)18(26-21)17(24-13-16-10-6-3-7-11-16)14-23-12-15-8-4-2-5-9-15/h2-11,17-21H,12-14H2,1H3/t17-,18-,19-,20-,21-/m1/s1. The van der Waals surface area contributed by atoms with E-state index in [0.29, 0.717) is 19.8 Å². The van der Waals surface area contributed by atoms with Gasteiger partial charge in [0, 0.05) is 7.11 Å². The average molecular weight is 356 g/mol. The highest BCUT2D eigenvalue weighted by atomic mass is 16.8. The Morgan fingerprint density at radius 2 is 1.50 bits per heavy atom. The van der Waals surface area contributed by atoms with Crippen molar-refractivity contribution in [1.82, 2.24) is 0 Å². The third-order valence-electron chi connectivity index (χ3n) is 4.74. The van der Waals surface area contributed by atoms with Crippen LogP contribution in [0.15, 0.2) is 60.7 Å². The van der Waals surface area contributed by atoms with Crippen LogP contribution in [-0.4, -0.2) is 44.4 Å². The van der Waals surface area contributed by atoms with Crippen molar-refractivity contribution in [2.45, 2.75) is 43.9 Å². The zero-order valence-electron chi connectivity index (χ0n) is 14.8. The molecule has 0 spiro atoms. The molecule has 0 aliphatic carbocycles. The number of methoxy groups -OCH3 is 1. The third kappa shape index (κ3) is 4.14. The van der Waals surface area contributed by atoms with Crippen molar-refractivity contribution in [1.29, 1.82) is 0 Å². The van der Waals surface area contributed by atoms with E-state index in [1.807, 2.05) is 60.7 Å². The minimum absolute atomic E-state index is 0.0157. The summed E-state index contributed by atoms with van der Waals surface area (Å²) in [5.74, 6) is 0. The first kappa shape index (κ1) is 17.6. The summed E-state index contributed by atoms with van der Waals surface area (Å²) in [4.78, 5) is 0. The highest BCUT2D eigenvalue weighted by molar-refractivity contribution is 5.14. The molecule has 2 saturated heterocycles. The monoisotopic (exact) mass is 356 g/mol. The van der Waals surface area contributed by atoms with E-state index in [4.69, 9.17) is 23.7 Å². The highest BCUT2D eigenvalue weighted by Crippen LogP contribution is 2.41. The normalized spacial score (nSPS) is 27.9. The summed E-state index contributed by atoms with van der Waals surface area (Å²) >= 11 is 0. The van der Waals surface area contributed by atoms with Crippen molar-refractivity contribution in [2.75, 3.05) is 13.7 Å². The van der Waals surface area contributed by atoms with E-state index >= 15 is 0 Å². The molecule has 0 amide bonds. The van der Waals surface area contributed by atoms with Crippen LogP contribution in [0.25, 0.3) is 0 Å². The van der Waals surface area contributed by atoms with Crippen molar-refractivity contribution in [3.63, 3.8) is 0 Å². The molecule has 2 fully saturated rings. The van der Waals surface area contributed by atoms with Gasteiger partial charge in [-0.05, 0) is 11.1 Å². The Balaban J connectivity index is 1.36. The van der Waals surface area contributed by atoms with Crippen LogP contribution < -0.4 is 0 Å². The van der Waals surface area contributed by atoms with Crippen molar-refractivity contribution in [3.8, 4) is 0 Å². The van der Waals surface area contributed by atoms with Crippen LogP contribution in [0.2, 0.25) is 0 Å². The van der Waals surface area contributed by atoms with E-state index in [1.54, 1.807) is 7.11 Å². The maximum Gasteiger partial charge on any atom is 0.186 e. The number of ether oxygens (including phenoxy) is 5. The predicted molar refractivity (Wildman–Crippen MR) is 95.4 cm³/mol. The van der Waals surface area contributed by atoms with Crippen LogP contribution >= 0.6 is 0 Å². The van der Waals surface area contributed by atoms with Crippen LogP contribution in [0.3, 0.4) is 0 Å². The van der Waals surface area contributed by atoms with Crippen molar-refractivity contribution in [2.24, 2.45) is 0 Å². The second kappa shape index (κ2) is 8.29. The van der Waals surface area contributed by atoms with E-state index in [2.05, 4.69) is 0 Å². The topological polar surface area (TPSA) is 49.5 Å². The minimum Gasteiger partial charge on any atom is -0.374 e. The van der Waals surface area contributed by atoms with Gasteiger partial charge < -0.3 is 23.7 Å². The Labute approximate surface area is 153 Å². The molecular formula is C21H24O5. The Morgan fingerprint density at radius 1 is 0.846 bits per heavy atom. The van der Waals surface area contributed by atoms with Gasteiger partial charge in [0.15, 0.2) is 6.29 Å². The average Bonchev–Trinajstić information content (AvgIpc) is 3.41. The number of fused-ring (bicyclic) bond motifs is 1. The van der Waals surface area contributed by atoms with Gasteiger partial charge in [0.05, 0.1) is 19.8 Å². The van der Waals surface area contributed by atoms with Gasteiger partial charge >= 0.3 is 0 Å². The molecule has 5 heteroatoms. The summed E-state index contributed by atoms with van der Waals surface area (Å²) < 4.78 is 29.1. The van der Waals surface area contributed by atoms with Gasteiger partial charge in [-0.2, -0.15) is 0 Å². The molecule has 2 aliphatic rings. The zero-order chi connectivity index (χ0) is 17.8. The van der Waals surface area contributed by atoms with E-state index in [1.165, 1.54) is 0 Å². The lowest BCUT2D eigenvalue weighted by atomic mass is 10.1. The Kier molecular flexibility index (Phi) is 5.62. The molecule has 138 valence electrons. The maximum atomic E-state index is 6.15. The largest absolute Gasteiger partial charge is 0.374 e. The van der Waals surface area contributed by atoms with Crippen molar-refractivity contribution in [3.05, 3.63) is 71.8 Å². The summed E-state index contributed by atoms with van der Waals surface area (Å²) in [5, 5.41) is 0. The molecule has 0 unspecified atom stereocenters. The van der Waals surface area contributed by atoms with Crippen LogP contribution in [0.5, 0.6) is 0 Å². The fourth-order valence-electron chi connectivity index (χ4n) is 3.30. The van der Waals surface area contributed by atoms with Gasteiger partial charge in [-0.15, -0.1) is 0 Å². The summed E-state index contributed by atoms with van der Waals surface area (Å²) in [7, 11) is 1.64. The Hall–Kier alpha value is -1.76. The quantitative estimate of drug-likeness (QED) is 0.647. The predicted octanol–water partition coefficient (Wildman–Crippen LogP) is 2.93. The molecule has 0 saturated carbocycles. The first-order valence-electron chi connectivity index (χ1n) is 8.96. The molecule has 0 bridgehead atoms. The van der Waals surface area contributed by atoms with Gasteiger partial charge in [-0.1, -0.05) is 60.7 Å². The third-order valence-corrected chi connectivity index (χ3v) is 4.74. The summed E-state index contributed by atoms with van der Waals surface area (Å²) in [6.45, 7) is 1.49. The number of hydrogen-bond acceptors (Lipinski definition) is 5. The number of epoxide rings is 1. The van der Waals surface area contributed by atoms with Crippen LogP contribution in [-0.2, 0) is 36.9 Å². The molecule has 26 heavy (non-hydrogen) atoms. The second-order valence-corrected chi connectivity index (χ2v) is 6.61. The fraction of sp³-hybridized carbons (Fsp3) is 0.429. The van der Waals surface area contributed by atoms with Gasteiger partial charge in [0.2, 0.25) is 0 Å².